The summed E-state index contributed by atoms with van der Waals surface area (Å²) in [6.45, 7) is 3.15. The maximum absolute atomic E-state index is 5.29. The maximum Gasteiger partial charge on any atom is 0.148 e. The molecule has 6 heteroatoms. The minimum absolute atomic E-state index is 0.462. The molecule has 3 aromatic rings. The van der Waals surface area contributed by atoms with Crippen molar-refractivity contribution in [3.8, 4) is 11.4 Å². The molecule has 1 fully saturated rings. The molecule has 0 unspecified atom stereocenters. The number of aromatic nitrogens is 3. The quantitative estimate of drug-likeness (QED) is 0.728. The van der Waals surface area contributed by atoms with Gasteiger partial charge in [-0.2, -0.15) is 5.10 Å². The summed E-state index contributed by atoms with van der Waals surface area (Å²) in [5.74, 6) is 1.75. The predicted molar refractivity (Wildman–Crippen MR) is 106 cm³/mol. The highest BCUT2D eigenvalue weighted by molar-refractivity contribution is 5.42. The van der Waals surface area contributed by atoms with E-state index in [2.05, 4.69) is 26.4 Å². The highest BCUT2D eigenvalue weighted by Crippen LogP contribution is 2.20. The summed E-state index contributed by atoms with van der Waals surface area (Å²) < 4.78 is 7.17. The number of benzene rings is 1. The highest BCUT2D eigenvalue weighted by atomic mass is 16.5. The molecular weight excluding hydrogens is 338 g/mol. The van der Waals surface area contributed by atoms with Crippen LogP contribution in [0.2, 0.25) is 0 Å². The summed E-state index contributed by atoms with van der Waals surface area (Å²) in [4.78, 5) is 6.69. The number of nitrogens with one attached hydrogen (secondary N) is 1. The summed E-state index contributed by atoms with van der Waals surface area (Å²) in [6.07, 6.45) is 7.99. The fourth-order valence-electron chi connectivity index (χ4n) is 3.49. The molecule has 3 heterocycles. The topological polar surface area (TPSA) is 55.2 Å². The molecule has 1 aliphatic heterocycles. The van der Waals surface area contributed by atoms with Crippen molar-refractivity contribution in [2.24, 2.45) is 0 Å². The number of hydrogen-bond acceptors (Lipinski definition) is 5. The lowest BCUT2D eigenvalue weighted by Gasteiger charge is -2.32. The Morgan fingerprint density at radius 3 is 2.81 bits per heavy atom. The van der Waals surface area contributed by atoms with E-state index in [0.29, 0.717) is 6.04 Å². The molecule has 140 valence electrons. The van der Waals surface area contributed by atoms with Crippen molar-refractivity contribution < 1.29 is 4.74 Å². The molecule has 0 atom stereocenters. The third-order valence-corrected chi connectivity index (χ3v) is 4.98. The molecule has 1 aliphatic rings. The second-order valence-electron chi connectivity index (χ2n) is 6.90. The predicted octanol–water partition coefficient (Wildman–Crippen LogP) is 3.35. The lowest BCUT2D eigenvalue weighted by Crippen LogP contribution is -2.38. The van der Waals surface area contributed by atoms with Gasteiger partial charge >= 0.3 is 0 Å². The molecular formula is C21H25N5O. The molecule has 1 aromatic carbocycles. The van der Waals surface area contributed by atoms with Crippen molar-refractivity contribution in [3.63, 3.8) is 0 Å². The fourth-order valence-corrected chi connectivity index (χ4v) is 3.49. The number of ether oxygens (including phenoxy) is 1. The lowest BCUT2D eigenvalue weighted by atomic mass is 10.0. The monoisotopic (exact) mass is 363 g/mol. The summed E-state index contributed by atoms with van der Waals surface area (Å²) in [5, 5.41) is 8.25. The number of pyridine rings is 1. The van der Waals surface area contributed by atoms with Gasteiger partial charge in [-0.25, -0.2) is 4.68 Å². The first-order valence-electron chi connectivity index (χ1n) is 9.38. The normalized spacial score (nSPS) is 15.6. The molecule has 0 aliphatic carbocycles. The van der Waals surface area contributed by atoms with Crippen LogP contribution in [0.4, 0.5) is 5.82 Å². The summed E-state index contributed by atoms with van der Waals surface area (Å²) >= 11 is 0. The van der Waals surface area contributed by atoms with Gasteiger partial charge in [0.15, 0.2) is 0 Å². The summed E-state index contributed by atoms with van der Waals surface area (Å²) in [6, 6.07) is 14.5. The van der Waals surface area contributed by atoms with E-state index >= 15 is 0 Å². The van der Waals surface area contributed by atoms with E-state index in [1.165, 1.54) is 5.56 Å². The Labute approximate surface area is 159 Å². The molecule has 0 bridgehead atoms. The Hall–Kier alpha value is -2.86. The first-order chi connectivity index (χ1) is 13.3. The number of likely N-dealkylation sites (tertiary alicyclic amines) is 1. The second kappa shape index (κ2) is 8.22. The summed E-state index contributed by atoms with van der Waals surface area (Å²) in [5.41, 5.74) is 2.27. The van der Waals surface area contributed by atoms with Crippen molar-refractivity contribution in [2.75, 3.05) is 25.5 Å². The molecule has 0 amide bonds. The standard InChI is InChI=1S/C21H25N5O/c1-27-20-6-2-5-19(14-20)26-13-9-21(24-26)23-18-7-11-25(12-8-18)16-17-4-3-10-22-15-17/h2-6,9-10,13-15,18H,7-8,11-12,16H2,1H3,(H,23,24). The Bertz CT molecular complexity index is 856. The molecule has 27 heavy (non-hydrogen) atoms. The SMILES string of the molecule is COc1cccc(-n2ccc(NC3CCN(Cc4cccnc4)CC3)n2)c1. The maximum atomic E-state index is 5.29. The zero-order valence-corrected chi connectivity index (χ0v) is 15.6. The van der Waals surface area contributed by atoms with Crippen LogP contribution in [-0.2, 0) is 6.54 Å². The third-order valence-electron chi connectivity index (χ3n) is 4.98. The Balaban J connectivity index is 1.31. The van der Waals surface area contributed by atoms with Crippen LogP contribution in [0.25, 0.3) is 5.69 Å². The first-order valence-corrected chi connectivity index (χ1v) is 9.38. The van der Waals surface area contributed by atoms with Gasteiger partial charge in [-0.3, -0.25) is 9.88 Å². The number of rotatable bonds is 6. The average molecular weight is 363 g/mol. The van der Waals surface area contributed by atoms with Crippen LogP contribution in [0, 0.1) is 0 Å². The second-order valence-corrected chi connectivity index (χ2v) is 6.90. The van der Waals surface area contributed by atoms with Gasteiger partial charge in [-0.15, -0.1) is 0 Å². The van der Waals surface area contributed by atoms with E-state index < -0.39 is 0 Å². The van der Waals surface area contributed by atoms with Crippen LogP contribution in [0.15, 0.2) is 61.1 Å². The van der Waals surface area contributed by atoms with Crippen molar-refractivity contribution in [1.29, 1.82) is 0 Å². The van der Waals surface area contributed by atoms with Gasteiger partial charge in [0, 0.05) is 56.4 Å². The number of methoxy groups -OCH3 is 1. The minimum Gasteiger partial charge on any atom is -0.497 e. The zero-order valence-electron chi connectivity index (χ0n) is 15.6. The fraction of sp³-hybridized carbons (Fsp3) is 0.333. The van der Waals surface area contributed by atoms with Crippen LogP contribution >= 0.6 is 0 Å². The van der Waals surface area contributed by atoms with Crippen LogP contribution in [0.3, 0.4) is 0 Å². The first kappa shape index (κ1) is 17.5. The largest absolute Gasteiger partial charge is 0.497 e. The zero-order chi connectivity index (χ0) is 18.5. The van der Waals surface area contributed by atoms with E-state index in [1.54, 1.807) is 7.11 Å². The van der Waals surface area contributed by atoms with Crippen molar-refractivity contribution in [3.05, 3.63) is 66.6 Å². The van der Waals surface area contributed by atoms with Gasteiger partial charge < -0.3 is 10.1 Å². The summed E-state index contributed by atoms with van der Waals surface area (Å²) in [7, 11) is 1.68. The smallest absolute Gasteiger partial charge is 0.148 e. The average Bonchev–Trinajstić information content (AvgIpc) is 3.19. The molecule has 0 spiro atoms. The molecule has 0 radical (unpaired) electrons. The lowest BCUT2D eigenvalue weighted by molar-refractivity contribution is 0.211. The van der Waals surface area contributed by atoms with E-state index in [1.807, 2.05) is 59.7 Å². The molecule has 2 aromatic heterocycles. The molecule has 4 rings (SSSR count). The molecule has 1 saturated heterocycles. The molecule has 1 N–H and O–H groups in total. The third kappa shape index (κ3) is 4.46. The van der Waals surface area contributed by atoms with Gasteiger partial charge in [0.25, 0.3) is 0 Å². The van der Waals surface area contributed by atoms with Crippen LogP contribution in [-0.4, -0.2) is 45.9 Å². The molecule has 0 saturated carbocycles. The number of anilines is 1. The van der Waals surface area contributed by atoms with Gasteiger partial charge in [0.2, 0.25) is 0 Å². The van der Waals surface area contributed by atoms with Gasteiger partial charge in [-0.05, 0) is 36.6 Å². The van der Waals surface area contributed by atoms with Gasteiger partial charge in [0.1, 0.15) is 11.6 Å². The van der Waals surface area contributed by atoms with Crippen LogP contribution < -0.4 is 10.1 Å². The van der Waals surface area contributed by atoms with Crippen LogP contribution in [0.5, 0.6) is 5.75 Å². The minimum atomic E-state index is 0.462. The van der Waals surface area contributed by atoms with Crippen LogP contribution in [0.1, 0.15) is 18.4 Å². The molecule has 6 nitrogen and oxygen atoms in total. The Morgan fingerprint density at radius 2 is 2.04 bits per heavy atom. The number of hydrogen-bond donors (Lipinski definition) is 1. The Kier molecular flexibility index (Phi) is 5.34. The van der Waals surface area contributed by atoms with Crippen molar-refractivity contribution >= 4 is 5.82 Å². The highest BCUT2D eigenvalue weighted by Gasteiger charge is 2.19. The van der Waals surface area contributed by atoms with Gasteiger partial charge in [0.05, 0.1) is 12.8 Å². The number of nitrogens with zero attached hydrogens (tertiary/aromatic N) is 4. The van der Waals surface area contributed by atoms with Crippen molar-refractivity contribution in [1.82, 2.24) is 19.7 Å². The van der Waals surface area contributed by atoms with E-state index in [9.17, 15) is 0 Å². The van der Waals surface area contributed by atoms with Gasteiger partial charge in [-0.1, -0.05) is 12.1 Å². The van der Waals surface area contributed by atoms with E-state index in [-0.39, 0.29) is 0 Å². The van der Waals surface area contributed by atoms with E-state index in [4.69, 9.17) is 4.74 Å². The Morgan fingerprint density at radius 1 is 1.15 bits per heavy atom. The van der Waals surface area contributed by atoms with Crippen molar-refractivity contribution in [2.45, 2.75) is 25.4 Å². The van der Waals surface area contributed by atoms with E-state index in [0.717, 1.165) is 49.7 Å². The number of piperidine rings is 1.